The maximum absolute atomic E-state index is 12.8. The number of thiocarbonyl (C=S) groups is 1. The number of benzene rings is 2. The Morgan fingerprint density at radius 2 is 1.95 bits per heavy atom. The molecule has 5 rings (SSSR count). The van der Waals surface area contributed by atoms with Gasteiger partial charge in [0.1, 0.15) is 17.6 Å². The molecule has 1 aliphatic rings. The van der Waals surface area contributed by atoms with Crippen molar-refractivity contribution in [2.24, 2.45) is 0 Å². The zero-order chi connectivity index (χ0) is 25.9. The largest absolute Gasteiger partial charge is 0.459 e. The number of carbonyl (C=O) groups is 1. The summed E-state index contributed by atoms with van der Waals surface area (Å²) in [7, 11) is 0. The zero-order valence-corrected chi connectivity index (χ0v) is 22.1. The molecule has 3 heterocycles. The number of hydrogen-bond acceptors (Lipinski definition) is 4. The summed E-state index contributed by atoms with van der Waals surface area (Å²) in [6.07, 6.45) is 2.03. The van der Waals surface area contributed by atoms with Gasteiger partial charge in [-0.3, -0.25) is 9.78 Å². The number of pyridine rings is 1. The Bertz CT molecular complexity index is 1440. The number of nitrogens with zero attached hydrogens (tertiary/aromatic N) is 2. The van der Waals surface area contributed by atoms with Crippen molar-refractivity contribution in [2.45, 2.75) is 32.4 Å². The smallest absolute Gasteiger partial charge is 0.226 e. The fraction of sp³-hybridized carbons (Fsp3) is 0.207. The van der Waals surface area contributed by atoms with Crippen molar-refractivity contribution < 1.29 is 9.21 Å². The summed E-state index contributed by atoms with van der Waals surface area (Å²) in [6.45, 7) is 4.39. The van der Waals surface area contributed by atoms with Gasteiger partial charge in [0.05, 0.1) is 11.7 Å². The SMILES string of the molecule is Cc1cccc(NC(=O)CCN2C(=S)N[C@H](c3ccccn3)[C@@H]2c2ccc(-c3cccc(Cl)c3C)o2)c1. The molecular weight excluding hydrogens is 504 g/mol. The van der Waals surface area contributed by atoms with Gasteiger partial charge in [0, 0.05) is 35.4 Å². The number of amides is 1. The molecule has 6 nitrogen and oxygen atoms in total. The van der Waals surface area contributed by atoms with E-state index in [4.69, 9.17) is 28.2 Å². The first-order valence-corrected chi connectivity index (χ1v) is 12.9. The van der Waals surface area contributed by atoms with Gasteiger partial charge < -0.3 is 20.0 Å². The first kappa shape index (κ1) is 25.0. The molecule has 0 aliphatic carbocycles. The van der Waals surface area contributed by atoms with Crippen molar-refractivity contribution in [1.82, 2.24) is 15.2 Å². The van der Waals surface area contributed by atoms with Crippen molar-refractivity contribution in [2.75, 3.05) is 11.9 Å². The van der Waals surface area contributed by atoms with E-state index in [9.17, 15) is 4.79 Å². The molecule has 2 aromatic heterocycles. The van der Waals surface area contributed by atoms with Gasteiger partial charge in [-0.05, 0) is 79.7 Å². The van der Waals surface area contributed by atoms with E-state index >= 15 is 0 Å². The Hall–Kier alpha value is -3.68. The molecule has 2 atom stereocenters. The van der Waals surface area contributed by atoms with Gasteiger partial charge in [-0.1, -0.05) is 41.9 Å². The lowest BCUT2D eigenvalue weighted by atomic mass is 10.0. The van der Waals surface area contributed by atoms with Gasteiger partial charge >= 0.3 is 0 Å². The summed E-state index contributed by atoms with van der Waals surface area (Å²) >= 11 is 12.1. The Balaban J connectivity index is 1.42. The van der Waals surface area contributed by atoms with Gasteiger partial charge in [0.25, 0.3) is 0 Å². The van der Waals surface area contributed by atoms with Crippen LogP contribution in [-0.4, -0.2) is 27.4 Å². The number of hydrogen-bond donors (Lipinski definition) is 2. The van der Waals surface area contributed by atoms with Gasteiger partial charge in [0.15, 0.2) is 5.11 Å². The van der Waals surface area contributed by atoms with Crippen LogP contribution in [0.25, 0.3) is 11.3 Å². The van der Waals surface area contributed by atoms with Crippen LogP contribution in [0.3, 0.4) is 0 Å². The molecule has 4 aromatic rings. The first-order chi connectivity index (χ1) is 17.9. The Kier molecular flexibility index (Phi) is 7.26. The number of aromatic nitrogens is 1. The molecule has 2 N–H and O–H groups in total. The van der Waals surface area contributed by atoms with E-state index in [1.807, 2.05) is 91.5 Å². The van der Waals surface area contributed by atoms with E-state index in [0.29, 0.717) is 16.7 Å². The number of nitrogens with one attached hydrogen (secondary N) is 2. The average Bonchev–Trinajstić information content (AvgIpc) is 3.49. The lowest BCUT2D eigenvalue weighted by Gasteiger charge is -2.26. The Morgan fingerprint density at radius 1 is 1.11 bits per heavy atom. The number of halogens is 1. The summed E-state index contributed by atoms with van der Waals surface area (Å²) in [6, 6.07) is 22.7. The second-order valence-corrected chi connectivity index (χ2v) is 9.90. The monoisotopic (exact) mass is 530 g/mol. The summed E-state index contributed by atoms with van der Waals surface area (Å²) in [5.74, 6) is 1.38. The van der Waals surface area contributed by atoms with Crippen LogP contribution >= 0.6 is 23.8 Å². The van der Waals surface area contributed by atoms with Gasteiger partial charge in [-0.15, -0.1) is 0 Å². The molecule has 8 heteroatoms. The predicted molar refractivity (Wildman–Crippen MR) is 150 cm³/mol. The van der Waals surface area contributed by atoms with E-state index in [2.05, 4.69) is 15.6 Å². The highest BCUT2D eigenvalue weighted by molar-refractivity contribution is 7.80. The molecule has 1 fully saturated rings. The maximum atomic E-state index is 12.8. The van der Waals surface area contributed by atoms with Crippen LogP contribution in [0.1, 0.15) is 41.1 Å². The van der Waals surface area contributed by atoms with Crippen molar-refractivity contribution >= 4 is 40.5 Å². The molecular formula is C29H27ClN4O2S. The van der Waals surface area contributed by atoms with Crippen molar-refractivity contribution in [3.63, 3.8) is 0 Å². The topological polar surface area (TPSA) is 70.4 Å². The van der Waals surface area contributed by atoms with E-state index in [1.54, 1.807) is 6.20 Å². The fourth-order valence-electron chi connectivity index (χ4n) is 4.65. The molecule has 0 spiro atoms. The quantitative estimate of drug-likeness (QED) is 0.262. The summed E-state index contributed by atoms with van der Waals surface area (Å²) in [5, 5.41) is 7.62. The molecule has 0 unspecified atom stereocenters. The lowest BCUT2D eigenvalue weighted by molar-refractivity contribution is -0.116. The second kappa shape index (κ2) is 10.7. The van der Waals surface area contributed by atoms with Crippen molar-refractivity contribution in [1.29, 1.82) is 0 Å². The van der Waals surface area contributed by atoms with Crippen LogP contribution in [0.15, 0.2) is 83.4 Å². The van der Waals surface area contributed by atoms with Crippen LogP contribution in [0, 0.1) is 13.8 Å². The Labute approximate surface area is 226 Å². The van der Waals surface area contributed by atoms with Crippen LogP contribution in [0.2, 0.25) is 5.02 Å². The molecule has 2 aromatic carbocycles. The molecule has 0 saturated carbocycles. The number of anilines is 1. The molecule has 0 radical (unpaired) electrons. The third kappa shape index (κ3) is 5.38. The van der Waals surface area contributed by atoms with Crippen molar-refractivity contribution in [3.8, 4) is 11.3 Å². The minimum absolute atomic E-state index is 0.0804. The third-order valence-corrected chi connectivity index (χ3v) is 7.29. The van der Waals surface area contributed by atoms with Gasteiger partial charge in [-0.25, -0.2) is 0 Å². The molecule has 37 heavy (non-hydrogen) atoms. The van der Waals surface area contributed by atoms with Crippen LogP contribution in [-0.2, 0) is 4.79 Å². The van der Waals surface area contributed by atoms with Crippen molar-refractivity contribution in [3.05, 3.63) is 107 Å². The van der Waals surface area contributed by atoms with Gasteiger partial charge in [0.2, 0.25) is 5.91 Å². The predicted octanol–water partition coefficient (Wildman–Crippen LogP) is 6.61. The zero-order valence-electron chi connectivity index (χ0n) is 20.6. The molecule has 1 saturated heterocycles. The second-order valence-electron chi connectivity index (χ2n) is 9.10. The lowest BCUT2D eigenvalue weighted by Crippen LogP contribution is -2.32. The molecule has 188 valence electrons. The highest BCUT2D eigenvalue weighted by atomic mass is 35.5. The number of aryl methyl sites for hydroxylation is 1. The minimum atomic E-state index is -0.276. The number of rotatable bonds is 7. The van der Waals surface area contributed by atoms with E-state index in [1.165, 1.54) is 0 Å². The van der Waals surface area contributed by atoms with E-state index in [-0.39, 0.29) is 24.4 Å². The minimum Gasteiger partial charge on any atom is -0.459 e. The van der Waals surface area contributed by atoms with E-state index < -0.39 is 0 Å². The normalized spacial score (nSPS) is 17.1. The van der Waals surface area contributed by atoms with Gasteiger partial charge in [-0.2, -0.15) is 0 Å². The Morgan fingerprint density at radius 3 is 2.73 bits per heavy atom. The summed E-state index contributed by atoms with van der Waals surface area (Å²) < 4.78 is 6.41. The highest BCUT2D eigenvalue weighted by Gasteiger charge is 2.41. The highest BCUT2D eigenvalue weighted by Crippen LogP contribution is 2.41. The average molecular weight is 531 g/mol. The molecule has 1 amide bonds. The fourth-order valence-corrected chi connectivity index (χ4v) is 5.16. The summed E-state index contributed by atoms with van der Waals surface area (Å²) in [5.41, 5.74) is 4.60. The molecule has 1 aliphatic heterocycles. The van der Waals surface area contributed by atoms with E-state index in [0.717, 1.165) is 39.6 Å². The van der Waals surface area contributed by atoms with Crippen LogP contribution in [0.4, 0.5) is 5.69 Å². The van der Waals surface area contributed by atoms with Crippen LogP contribution in [0.5, 0.6) is 0 Å². The molecule has 0 bridgehead atoms. The summed E-state index contributed by atoms with van der Waals surface area (Å²) in [4.78, 5) is 19.4. The maximum Gasteiger partial charge on any atom is 0.226 e. The van der Waals surface area contributed by atoms with Crippen LogP contribution < -0.4 is 10.6 Å². The first-order valence-electron chi connectivity index (χ1n) is 12.1. The third-order valence-electron chi connectivity index (χ3n) is 6.53. The number of carbonyl (C=O) groups excluding carboxylic acids is 1. The standard InChI is InChI=1S/C29H27ClN4O2S/c1-18-7-5-8-20(17-18)32-26(35)14-16-34-28(27(33-29(34)37)23-11-3-4-15-31-23)25-13-12-24(36-25)21-9-6-10-22(30)19(21)2/h3-13,15,17,27-28H,14,16H2,1-2H3,(H,32,35)(H,33,37)/t27-,28+/m1/s1. The number of furan rings is 1.